The standard InChI is InChI=1S/C20H16BrN3O2S/c1-2-13-3-6-15(7-4-13)23-20-24-19(25)18(27-20)12-14-5-8-17(16(21)11-14)26-10-9-22/h3-8,11-12H,2,10H2,1H3,(H,23,24,25)/b18-12-. The average Bonchev–Trinajstić information content (AvgIpc) is 3.00. The molecule has 0 bridgehead atoms. The van der Waals surface area contributed by atoms with Gasteiger partial charge in [0.05, 0.1) is 15.1 Å². The van der Waals surface area contributed by atoms with Crippen LogP contribution in [0.5, 0.6) is 5.75 Å². The maximum Gasteiger partial charge on any atom is 0.264 e. The summed E-state index contributed by atoms with van der Waals surface area (Å²) < 4.78 is 6.02. The second-order valence-electron chi connectivity index (χ2n) is 5.64. The maximum absolute atomic E-state index is 12.2. The molecular weight excluding hydrogens is 426 g/mol. The van der Waals surface area contributed by atoms with Crippen LogP contribution in [0.15, 0.2) is 56.8 Å². The summed E-state index contributed by atoms with van der Waals surface area (Å²) >= 11 is 4.72. The van der Waals surface area contributed by atoms with Crippen LogP contribution < -0.4 is 10.1 Å². The molecule has 0 unspecified atom stereocenters. The van der Waals surface area contributed by atoms with Crippen LogP contribution in [-0.4, -0.2) is 17.7 Å². The molecule has 1 aliphatic rings. The normalized spacial score (nSPS) is 16.4. The lowest BCUT2D eigenvalue weighted by Gasteiger charge is -2.05. The van der Waals surface area contributed by atoms with Gasteiger partial charge in [-0.1, -0.05) is 25.1 Å². The third kappa shape index (κ3) is 5.00. The fourth-order valence-electron chi connectivity index (χ4n) is 2.39. The van der Waals surface area contributed by atoms with E-state index in [0.29, 0.717) is 15.8 Å². The van der Waals surface area contributed by atoms with E-state index in [2.05, 4.69) is 33.2 Å². The van der Waals surface area contributed by atoms with Gasteiger partial charge >= 0.3 is 0 Å². The van der Waals surface area contributed by atoms with E-state index in [0.717, 1.165) is 22.1 Å². The Morgan fingerprint density at radius 3 is 2.74 bits per heavy atom. The Morgan fingerprint density at radius 2 is 2.07 bits per heavy atom. The lowest BCUT2D eigenvalue weighted by molar-refractivity contribution is -0.115. The molecule has 0 spiro atoms. The van der Waals surface area contributed by atoms with Crippen LogP contribution in [0.3, 0.4) is 0 Å². The fourth-order valence-corrected chi connectivity index (χ4v) is 3.74. The number of ether oxygens (including phenoxy) is 1. The molecule has 27 heavy (non-hydrogen) atoms. The Balaban J connectivity index is 1.75. The third-order valence-electron chi connectivity index (χ3n) is 3.77. The van der Waals surface area contributed by atoms with Crippen LogP contribution in [0, 0.1) is 11.3 Å². The number of halogens is 1. The number of aliphatic imine (C=N–C) groups is 1. The van der Waals surface area contributed by atoms with Crippen LogP contribution >= 0.6 is 27.7 Å². The average molecular weight is 442 g/mol. The monoisotopic (exact) mass is 441 g/mol. The Hall–Kier alpha value is -2.56. The number of benzene rings is 2. The van der Waals surface area contributed by atoms with Crippen molar-refractivity contribution < 1.29 is 9.53 Å². The summed E-state index contributed by atoms with van der Waals surface area (Å²) in [6, 6.07) is 15.3. The number of nitriles is 1. The van der Waals surface area contributed by atoms with Gasteiger partial charge in [-0.3, -0.25) is 4.79 Å². The molecule has 1 fully saturated rings. The van der Waals surface area contributed by atoms with Gasteiger partial charge in [0.2, 0.25) is 0 Å². The van der Waals surface area contributed by atoms with Gasteiger partial charge in [-0.05, 0) is 75.6 Å². The number of rotatable bonds is 5. The molecular formula is C20H16BrN3O2S. The van der Waals surface area contributed by atoms with Crippen LogP contribution in [0.4, 0.5) is 5.69 Å². The molecule has 1 aliphatic heterocycles. The van der Waals surface area contributed by atoms with Crippen LogP contribution in [0.2, 0.25) is 0 Å². The highest BCUT2D eigenvalue weighted by Gasteiger charge is 2.23. The molecule has 3 rings (SSSR count). The first-order valence-electron chi connectivity index (χ1n) is 8.27. The molecule has 1 N–H and O–H groups in total. The molecule has 0 aromatic heterocycles. The lowest BCUT2D eigenvalue weighted by Crippen LogP contribution is -2.19. The van der Waals surface area contributed by atoms with Gasteiger partial charge in [0.15, 0.2) is 11.8 Å². The Bertz CT molecular complexity index is 962. The number of nitrogens with one attached hydrogen (secondary N) is 1. The number of nitrogens with zero attached hydrogens (tertiary/aromatic N) is 2. The first-order valence-corrected chi connectivity index (χ1v) is 9.88. The summed E-state index contributed by atoms with van der Waals surface area (Å²) in [5, 5.41) is 11.9. The van der Waals surface area contributed by atoms with Gasteiger partial charge in [0, 0.05) is 0 Å². The summed E-state index contributed by atoms with van der Waals surface area (Å²) in [5.74, 6) is 0.407. The topological polar surface area (TPSA) is 74.5 Å². The van der Waals surface area contributed by atoms with E-state index in [-0.39, 0.29) is 12.5 Å². The Kier molecular flexibility index (Phi) is 6.32. The van der Waals surface area contributed by atoms with Crippen LogP contribution in [0.1, 0.15) is 18.1 Å². The van der Waals surface area contributed by atoms with Crippen molar-refractivity contribution in [2.75, 3.05) is 6.61 Å². The number of hydrogen-bond acceptors (Lipinski definition) is 5. The Labute approximate surface area is 170 Å². The first-order chi connectivity index (χ1) is 13.1. The number of thioether (sulfide) groups is 1. The van der Waals surface area contributed by atoms with E-state index < -0.39 is 0 Å². The molecule has 7 heteroatoms. The summed E-state index contributed by atoms with van der Waals surface area (Å²) in [5.41, 5.74) is 2.89. The van der Waals surface area contributed by atoms with Gasteiger partial charge in [-0.2, -0.15) is 5.26 Å². The van der Waals surface area contributed by atoms with Crippen molar-refractivity contribution in [3.8, 4) is 11.8 Å². The zero-order valence-electron chi connectivity index (χ0n) is 14.5. The number of amidine groups is 1. The molecule has 0 radical (unpaired) electrons. The largest absolute Gasteiger partial charge is 0.478 e. The fraction of sp³-hybridized carbons (Fsp3) is 0.150. The summed E-state index contributed by atoms with van der Waals surface area (Å²) in [6.45, 7) is 2.09. The maximum atomic E-state index is 12.2. The van der Waals surface area contributed by atoms with Crippen molar-refractivity contribution >= 4 is 50.5 Å². The zero-order valence-corrected chi connectivity index (χ0v) is 16.9. The van der Waals surface area contributed by atoms with Crippen molar-refractivity contribution in [3.05, 3.63) is 63.0 Å². The minimum atomic E-state index is -0.176. The second kappa shape index (κ2) is 8.89. The summed E-state index contributed by atoms with van der Waals surface area (Å²) in [7, 11) is 0. The van der Waals surface area contributed by atoms with E-state index in [1.807, 2.05) is 42.5 Å². The molecule has 2 aromatic carbocycles. The van der Waals surface area contributed by atoms with Crippen LogP contribution in [-0.2, 0) is 11.2 Å². The SMILES string of the molecule is CCc1ccc(N=C2NC(=O)/C(=C/c3ccc(OCC#N)c(Br)c3)S2)cc1. The molecule has 1 amide bonds. The smallest absolute Gasteiger partial charge is 0.264 e. The van der Waals surface area contributed by atoms with Gasteiger partial charge in [-0.25, -0.2) is 4.99 Å². The molecule has 1 saturated heterocycles. The second-order valence-corrected chi connectivity index (χ2v) is 7.52. The molecule has 0 saturated carbocycles. The molecule has 136 valence electrons. The predicted octanol–water partition coefficient (Wildman–Crippen LogP) is 4.81. The van der Waals surface area contributed by atoms with E-state index in [9.17, 15) is 4.79 Å². The molecule has 1 heterocycles. The summed E-state index contributed by atoms with van der Waals surface area (Å²) in [4.78, 5) is 17.3. The van der Waals surface area contributed by atoms with Crippen molar-refractivity contribution in [1.29, 1.82) is 5.26 Å². The van der Waals surface area contributed by atoms with Gasteiger partial charge in [0.1, 0.15) is 11.8 Å². The van der Waals surface area contributed by atoms with Crippen molar-refractivity contribution in [2.45, 2.75) is 13.3 Å². The number of amides is 1. The van der Waals surface area contributed by atoms with E-state index in [1.165, 1.54) is 17.3 Å². The molecule has 5 nitrogen and oxygen atoms in total. The first kappa shape index (κ1) is 19.2. The zero-order chi connectivity index (χ0) is 19.2. The minimum Gasteiger partial charge on any atom is -0.478 e. The molecule has 0 aliphatic carbocycles. The van der Waals surface area contributed by atoms with Crippen molar-refractivity contribution in [3.63, 3.8) is 0 Å². The molecule has 0 atom stereocenters. The highest BCUT2D eigenvalue weighted by Crippen LogP contribution is 2.31. The van der Waals surface area contributed by atoms with Crippen molar-refractivity contribution in [2.24, 2.45) is 4.99 Å². The number of carbonyl (C=O) groups is 1. The van der Waals surface area contributed by atoms with Crippen LogP contribution in [0.25, 0.3) is 6.08 Å². The highest BCUT2D eigenvalue weighted by molar-refractivity contribution is 9.10. The summed E-state index contributed by atoms with van der Waals surface area (Å²) in [6.07, 6.45) is 2.77. The van der Waals surface area contributed by atoms with E-state index in [4.69, 9.17) is 10.00 Å². The molecule has 2 aromatic rings. The predicted molar refractivity (Wildman–Crippen MR) is 112 cm³/mol. The Morgan fingerprint density at radius 1 is 1.30 bits per heavy atom. The number of hydrogen-bond donors (Lipinski definition) is 1. The van der Waals surface area contributed by atoms with Gasteiger partial charge in [0.25, 0.3) is 5.91 Å². The quantitative estimate of drug-likeness (QED) is 0.675. The van der Waals surface area contributed by atoms with E-state index >= 15 is 0 Å². The van der Waals surface area contributed by atoms with Gasteiger partial charge in [-0.15, -0.1) is 0 Å². The third-order valence-corrected chi connectivity index (χ3v) is 5.30. The number of carbonyl (C=O) groups excluding carboxylic acids is 1. The minimum absolute atomic E-state index is 0.0175. The number of aryl methyl sites for hydroxylation is 1. The lowest BCUT2D eigenvalue weighted by atomic mass is 10.2. The highest BCUT2D eigenvalue weighted by atomic mass is 79.9. The van der Waals surface area contributed by atoms with Crippen molar-refractivity contribution in [1.82, 2.24) is 5.32 Å². The van der Waals surface area contributed by atoms with E-state index in [1.54, 1.807) is 12.1 Å². The van der Waals surface area contributed by atoms with Gasteiger partial charge < -0.3 is 10.1 Å².